The molecule has 0 saturated heterocycles. The van der Waals surface area contributed by atoms with Crippen molar-refractivity contribution in [3.63, 3.8) is 0 Å². The van der Waals surface area contributed by atoms with E-state index in [0.29, 0.717) is 0 Å². The maximum absolute atomic E-state index is 12.9. The van der Waals surface area contributed by atoms with Crippen LogP contribution in [0.15, 0.2) is 24.4 Å². The molecule has 0 unspecified atom stereocenters. The third kappa shape index (κ3) is 7.14. The van der Waals surface area contributed by atoms with Crippen LogP contribution in [0.4, 0.5) is 27.9 Å². The number of rotatable bonds is 6. The number of aliphatic hydroxyl groups is 1. The number of carbonyl (C=O) groups excluding carboxylic acids is 1. The number of anilines is 1. The Bertz CT molecular complexity index is 1140. The number of hydrogen-bond donors (Lipinski definition) is 3. The lowest BCUT2D eigenvalue weighted by Crippen LogP contribution is -2.40. The van der Waals surface area contributed by atoms with Gasteiger partial charge in [-0.15, -0.1) is 13.2 Å². The van der Waals surface area contributed by atoms with E-state index in [9.17, 15) is 31.9 Å². The third-order valence-electron chi connectivity index (χ3n) is 4.86. The van der Waals surface area contributed by atoms with Crippen LogP contribution in [0.5, 0.6) is 11.6 Å². The molecule has 0 spiro atoms. The van der Waals surface area contributed by atoms with Gasteiger partial charge in [-0.05, 0) is 24.6 Å². The van der Waals surface area contributed by atoms with Gasteiger partial charge in [0.2, 0.25) is 11.8 Å². The smallest absolute Gasteiger partial charge is 0.480 e. The fourth-order valence-corrected chi connectivity index (χ4v) is 3.41. The molecule has 188 valence electrons. The second-order valence-electron chi connectivity index (χ2n) is 7.29. The average molecular weight is 502 g/mol. The Labute approximate surface area is 195 Å². The lowest BCUT2D eigenvalue weighted by atomic mass is 10.1. The normalized spacial score (nSPS) is 19.7. The van der Waals surface area contributed by atoms with Crippen LogP contribution in [-0.4, -0.2) is 59.3 Å². The van der Waals surface area contributed by atoms with E-state index in [1.54, 1.807) is 0 Å². The van der Waals surface area contributed by atoms with Gasteiger partial charge < -0.3 is 25.6 Å². The largest absolute Gasteiger partial charge is 0.522 e. The standard InChI is InChI=1S/C21H19F5N4O5/c1-33-18-11(9-28-20(27)30-18)3-2-10-6-12(34-19(22)23)4-5-14(10)17(32)29-15-7-13(8-16(15)31)35-21(24,25)26/h4-6,9,13,15-16,19,31H,7-8H2,1H3,(H,29,32)(H2,27,28,30)/t13-,15-,16-/m0/s1. The SMILES string of the molecule is COc1nc(N)ncc1C#Cc1cc(OC(F)F)ccc1C(=O)N[C@H]1C[C@H](OC(F)(F)F)C[C@@H]1O. The minimum atomic E-state index is -4.89. The Morgan fingerprint density at radius 2 is 1.97 bits per heavy atom. The summed E-state index contributed by atoms with van der Waals surface area (Å²) in [6, 6.07) is 2.29. The van der Waals surface area contributed by atoms with Crippen LogP contribution in [0, 0.1) is 11.8 Å². The zero-order chi connectivity index (χ0) is 25.8. The first-order valence-electron chi connectivity index (χ1n) is 9.96. The number of nitrogen functional groups attached to an aromatic ring is 1. The molecule has 1 aromatic carbocycles. The van der Waals surface area contributed by atoms with Crippen LogP contribution < -0.4 is 20.5 Å². The molecule has 0 radical (unpaired) electrons. The van der Waals surface area contributed by atoms with E-state index in [1.165, 1.54) is 13.3 Å². The molecule has 4 N–H and O–H groups in total. The monoisotopic (exact) mass is 502 g/mol. The fourth-order valence-electron chi connectivity index (χ4n) is 3.41. The second-order valence-corrected chi connectivity index (χ2v) is 7.29. The first-order chi connectivity index (χ1) is 16.4. The van der Waals surface area contributed by atoms with Gasteiger partial charge in [-0.25, -0.2) is 4.98 Å². The predicted octanol–water partition coefficient (Wildman–Crippen LogP) is 2.23. The highest BCUT2D eigenvalue weighted by Gasteiger charge is 2.41. The Morgan fingerprint density at radius 3 is 2.63 bits per heavy atom. The molecule has 35 heavy (non-hydrogen) atoms. The van der Waals surface area contributed by atoms with Crippen molar-refractivity contribution in [3.8, 4) is 23.5 Å². The summed E-state index contributed by atoms with van der Waals surface area (Å²) < 4.78 is 76.1. The van der Waals surface area contributed by atoms with E-state index in [1.807, 2.05) is 0 Å². The summed E-state index contributed by atoms with van der Waals surface area (Å²) in [7, 11) is 1.31. The van der Waals surface area contributed by atoms with Gasteiger partial charge in [0.1, 0.15) is 11.3 Å². The van der Waals surface area contributed by atoms with Gasteiger partial charge in [-0.1, -0.05) is 11.8 Å². The summed E-state index contributed by atoms with van der Waals surface area (Å²) in [6.07, 6.45) is -6.90. The van der Waals surface area contributed by atoms with Crippen molar-refractivity contribution in [1.29, 1.82) is 0 Å². The first kappa shape index (κ1) is 25.9. The number of nitrogens with one attached hydrogen (secondary N) is 1. The molecular weight excluding hydrogens is 483 g/mol. The van der Waals surface area contributed by atoms with E-state index >= 15 is 0 Å². The molecular formula is C21H19F5N4O5. The number of hydrogen-bond acceptors (Lipinski definition) is 8. The lowest BCUT2D eigenvalue weighted by molar-refractivity contribution is -0.342. The Morgan fingerprint density at radius 1 is 1.26 bits per heavy atom. The van der Waals surface area contributed by atoms with E-state index in [2.05, 4.69) is 36.6 Å². The van der Waals surface area contributed by atoms with Crippen LogP contribution in [0.25, 0.3) is 0 Å². The van der Waals surface area contributed by atoms with Crippen molar-refractivity contribution in [2.75, 3.05) is 12.8 Å². The molecule has 3 rings (SSSR count). The molecule has 1 aliphatic rings. The summed E-state index contributed by atoms with van der Waals surface area (Å²) in [5, 5.41) is 12.5. The fraction of sp³-hybridized carbons (Fsp3) is 0.381. The van der Waals surface area contributed by atoms with Crippen molar-refractivity contribution in [2.45, 2.75) is 44.1 Å². The summed E-state index contributed by atoms with van der Waals surface area (Å²) >= 11 is 0. The molecule has 1 saturated carbocycles. The number of ether oxygens (including phenoxy) is 3. The topological polar surface area (TPSA) is 129 Å². The number of aliphatic hydroxyl groups excluding tert-OH is 1. The van der Waals surface area contributed by atoms with Gasteiger partial charge in [0, 0.05) is 12.0 Å². The summed E-state index contributed by atoms with van der Waals surface area (Å²) in [5.74, 6) is 4.11. The van der Waals surface area contributed by atoms with Crippen LogP contribution in [0.2, 0.25) is 0 Å². The van der Waals surface area contributed by atoms with E-state index in [-0.39, 0.29) is 47.1 Å². The van der Waals surface area contributed by atoms with Crippen molar-refractivity contribution < 1.29 is 46.1 Å². The molecule has 1 heterocycles. The first-order valence-corrected chi connectivity index (χ1v) is 9.96. The number of amides is 1. The number of benzene rings is 1. The van der Waals surface area contributed by atoms with E-state index in [4.69, 9.17) is 10.5 Å². The molecule has 3 atom stereocenters. The Balaban J connectivity index is 1.87. The van der Waals surface area contributed by atoms with Gasteiger partial charge >= 0.3 is 13.0 Å². The maximum Gasteiger partial charge on any atom is 0.522 e. The number of methoxy groups -OCH3 is 1. The van der Waals surface area contributed by atoms with Gasteiger partial charge in [-0.2, -0.15) is 13.8 Å². The zero-order valence-electron chi connectivity index (χ0n) is 18.0. The average Bonchev–Trinajstić information content (AvgIpc) is 3.08. The maximum atomic E-state index is 12.9. The molecule has 1 aliphatic carbocycles. The minimum absolute atomic E-state index is 0.0285. The summed E-state index contributed by atoms with van der Waals surface area (Å²) in [6.45, 7) is -3.14. The highest BCUT2D eigenvalue weighted by Crippen LogP contribution is 2.30. The van der Waals surface area contributed by atoms with Crippen molar-refractivity contribution in [2.24, 2.45) is 0 Å². The Kier molecular flexibility index (Phi) is 7.92. The number of nitrogens with two attached hydrogens (primary N) is 1. The molecule has 0 bridgehead atoms. The van der Waals surface area contributed by atoms with Gasteiger partial charge in [0.25, 0.3) is 5.91 Å². The lowest BCUT2D eigenvalue weighted by Gasteiger charge is -2.17. The van der Waals surface area contributed by atoms with Crippen molar-refractivity contribution in [1.82, 2.24) is 15.3 Å². The third-order valence-corrected chi connectivity index (χ3v) is 4.86. The number of carbonyl (C=O) groups is 1. The summed E-state index contributed by atoms with van der Waals surface area (Å²) in [5.41, 5.74) is 5.49. The quantitative estimate of drug-likeness (QED) is 0.405. The van der Waals surface area contributed by atoms with Crippen LogP contribution in [-0.2, 0) is 4.74 Å². The van der Waals surface area contributed by atoms with Gasteiger partial charge in [0.05, 0.1) is 37.1 Å². The molecule has 1 amide bonds. The number of halogens is 5. The minimum Gasteiger partial charge on any atom is -0.480 e. The molecule has 1 fully saturated rings. The number of alkyl halides is 5. The molecule has 0 aliphatic heterocycles. The van der Waals surface area contributed by atoms with Crippen molar-refractivity contribution in [3.05, 3.63) is 41.1 Å². The van der Waals surface area contributed by atoms with Crippen LogP contribution in [0.1, 0.15) is 34.3 Å². The molecule has 9 nitrogen and oxygen atoms in total. The molecule has 14 heteroatoms. The van der Waals surface area contributed by atoms with Crippen molar-refractivity contribution >= 4 is 11.9 Å². The number of aromatic nitrogens is 2. The van der Waals surface area contributed by atoms with E-state index < -0.39 is 37.1 Å². The van der Waals surface area contributed by atoms with Gasteiger partial charge in [0.15, 0.2) is 0 Å². The van der Waals surface area contributed by atoms with Crippen LogP contribution in [0.3, 0.4) is 0 Å². The molecule has 1 aromatic heterocycles. The highest BCUT2D eigenvalue weighted by atomic mass is 19.4. The summed E-state index contributed by atoms with van der Waals surface area (Å²) in [4.78, 5) is 20.5. The second kappa shape index (κ2) is 10.7. The highest BCUT2D eigenvalue weighted by molar-refractivity contribution is 5.97. The van der Waals surface area contributed by atoms with Crippen LogP contribution >= 0.6 is 0 Å². The molecule has 2 aromatic rings. The Hall–Kier alpha value is -3.70. The predicted molar refractivity (Wildman–Crippen MR) is 109 cm³/mol. The number of nitrogens with zero attached hydrogens (tertiary/aromatic N) is 2. The van der Waals surface area contributed by atoms with E-state index in [0.717, 1.165) is 18.2 Å². The zero-order valence-corrected chi connectivity index (χ0v) is 18.0. The van der Waals surface area contributed by atoms with Gasteiger partial charge in [-0.3, -0.25) is 9.53 Å².